The quantitative estimate of drug-likeness (QED) is 0.679. The molecule has 1 aromatic heterocycles. The molecule has 2 rings (SSSR count). The Kier molecular flexibility index (Phi) is 4.33. The first-order valence-corrected chi connectivity index (χ1v) is 6.22. The summed E-state index contributed by atoms with van der Waals surface area (Å²) in [6.07, 6.45) is 2.32. The smallest absolute Gasteiger partial charge is 0.237 e. The summed E-state index contributed by atoms with van der Waals surface area (Å²) < 4.78 is 5.04. The summed E-state index contributed by atoms with van der Waals surface area (Å²) in [6.45, 7) is 4.01. The van der Waals surface area contributed by atoms with E-state index in [1.165, 1.54) is 0 Å². The second-order valence-electron chi connectivity index (χ2n) is 4.77. The lowest BCUT2D eigenvalue weighted by molar-refractivity contribution is -0.123. The maximum absolute atomic E-state index is 12.0. The molecule has 2 unspecified atom stereocenters. The van der Waals surface area contributed by atoms with Crippen LogP contribution in [0.2, 0.25) is 0 Å². The second kappa shape index (κ2) is 5.97. The lowest BCUT2D eigenvalue weighted by Gasteiger charge is -2.23. The van der Waals surface area contributed by atoms with E-state index >= 15 is 0 Å². The average Bonchev–Trinajstić information content (AvgIpc) is 2.83. The number of rotatable bonds is 5. The highest BCUT2D eigenvalue weighted by atomic mass is 16.5. The first kappa shape index (κ1) is 13.0. The molecule has 1 aliphatic rings. The van der Waals surface area contributed by atoms with Crippen LogP contribution in [0.3, 0.4) is 0 Å². The highest BCUT2D eigenvalue weighted by molar-refractivity contribution is 5.82. The molecule has 100 valence electrons. The number of carbonyl (C=O) groups excluding carboxylic acids is 1. The molecule has 0 aromatic carbocycles. The van der Waals surface area contributed by atoms with Crippen LogP contribution in [0, 0.1) is 5.92 Å². The van der Waals surface area contributed by atoms with Gasteiger partial charge in [0.2, 0.25) is 5.91 Å². The Labute approximate surface area is 107 Å². The van der Waals surface area contributed by atoms with Crippen molar-refractivity contribution < 1.29 is 9.53 Å². The standard InChI is InChI=1S/C12H20N4O2/c1-8(6-18-2)4-14-12(17)10-3-9-11(5-13-10)16-7-15-9/h7-8,10,13H,3-6H2,1-2H3,(H,14,17)(H,15,16). The SMILES string of the molecule is COCC(C)CNC(=O)C1Cc2nc[nH]c2CN1. The van der Waals surface area contributed by atoms with Gasteiger partial charge in [-0.1, -0.05) is 6.92 Å². The molecule has 1 aromatic rings. The van der Waals surface area contributed by atoms with Gasteiger partial charge in [-0.25, -0.2) is 4.98 Å². The normalized spacial score (nSPS) is 20.2. The van der Waals surface area contributed by atoms with E-state index in [0.29, 0.717) is 32.0 Å². The van der Waals surface area contributed by atoms with Gasteiger partial charge in [0.1, 0.15) is 0 Å². The van der Waals surface area contributed by atoms with Gasteiger partial charge in [-0.2, -0.15) is 0 Å². The van der Waals surface area contributed by atoms with E-state index in [4.69, 9.17) is 4.74 Å². The van der Waals surface area contributed by atoms with Crippen molar-refractivity contribution in [1.29, 1.82) is 0 Å². The van der Waals surface area contributed by atoms with Gasteiger partial charge in [0.25, 0.3) is 0 Å². The van der Waals surface area contributed by atoms with Crippen LogP contribution in [-0.2, 0) is 22.5 Å². The minimum Gasteiger partial charge on any atom is -0.384 e. The molecule has 0 spiro atoms. The fourth-order valence-corrected chi connectivity index (χ4v) is 2.10. The van der Waals surface area contributed by atoms with Crippen molar-refractivity contribution in [2.45, 2.75) is 25.9 Å². The van der Waals surface area contributed by atoms with Crippen LogP contribution in [0.15, 0.2) is 6.33 Å². The zero-order valence-corrected chi connectivity index (χ0v) is 10.8. The molecule has 1 aliphatic heterocycles. The second-order valence-corrected chi connectivity index (χ2v) is 4.77. The van der Waals surface area contributed by atoms with E-state index < -0.39 is 0 Å². The van der Waals surface area contributed by atoms with Crippen molar-refractivity contribution in [3.8, 4) is 0 Å². The molecule has 0 fully saturated rings. The Bertz CT molecular complexity index is 405. The minimum absolute atomic E-state index is 0.0339. The van der Waals surface area contributed by atoms with Crippen LogP contribution in [0.1, 0.15) is 18.3 Å². The number of fused-ring (bicyclic) bond motifs is 1. The van der Waals surface area contributed by atoms with Gasteiger partial charge in [-0.05, 0) is 5.92 Å². The molecule has 18 heavy (non-hydrogen) atoms. The van der Waals surface area contributed by atoms with Crippen LogP contribution in [-0.4, -0.2) is 42.2 Å². The van der Waals surface area contributed by atoms with Gasteiger partial charge in [0.05, 0.1) is 30.4 Å². The van der Waals surface area contributed by atoms with Gasteiger partial charge < -0.3 is 15.0 Å². The number of aromatic nitrogens is 2. The minimum atomic E-state index is -0.185. The number of aromatic amines is 1. The van der Waals surface area contributed by atoms with E-state index in [2.05, 4.69) is 20.6 Å². The summed E-state index contributed by atoms with van der Waals surface area (Å²) in [7, 11) is 1.67. The Morgan fingerprint density at radius 2 is 2.56 bits per heavy atom. The highest BCUT2D eigenvalue weighted by Crippen LogP contribution is 2.12. The number of methoxy groups -OCH3 is 1. The zero-order chi connectivity index (χ0) is 13.0. The summed E-state index contributed by atoms with van der Waals surface area (Å²) >= 11 is 0. The third-order valence-electron chi connectivity index (χ3n) is 3.12. The van der Waals surface area contributed by atoms with Crippen molar-refractivity contribution in [2.24, 2.45) is 5.92 Å². The lowest BCUT2D eigenvalue weighted by Crippen LogP contribution is -2.48. The number of hydrogen-bond acceptors (Lipinski definition) is 4. The van der Waals surface area contributed by atoms with Crippen LogP contribution < -0.4 is 10.6 Å². The first-order valence-electron chi connectivity index (χ1n) is 6.22. The number of H-pyrrole nitrogens is 1. The summed E-state index contributed by atoms with van der Waals surface area (Å²) in [5.74, 6) is 0.357. The molecular weight excluding hydrogens is 232 g/mol. The molecule has 0 saturated carbocycles. The zero-order valence-electron chi connectivity index (χ0n) is 10.8. The fourth-order valence-electron chi connectivity index (χ4n) is 2.10. The predicted molar refractivity (Wildman–Crippen MR) is 67.0 cm³/mol. The van der Waals surface area contributed by atoms with E-state index in [-0.39, 0.29) is 11.9 Å². The van der Waals surface area contributed by atoms with Gasteiger partial charge in [0, 0.05) is 26.6 Å². The number of nitrogens with zero attached hydrogens (tertiary/aromatic N) is 1. The maximum Gasteiger partial charge on any atom is 0.237 e. The number of hydrogen-bond donors (Lipinski definition) is 3. The number of amides is 1. The van der Waals surface area contributed by atoms with E-state index in [1.54, 1.807) is 13.4 Å². The Morgan fingerprint density at radius 3 is 3.33 bits per heavy atom. The van der Waals surface area contributed by atoms with Crippen molar-refractivity contribution in [3.63, 3.8) is 0 Å². The molecule has 0 aliphatic carbocycles. The fraction of sp³-hybridized carbons (Fsp3) is 0.667. The summed E-state index contributed by atoms with van der Waals surface area (Å²) in [6, 6.07) is -0.185. The molecule has 2 atom stereocenters. The third kappa shape index (κ3) is 3.08. The monoisotopic (exact) mass is 252 g/mol. The van der Waals surface area contributed by atoms with Crippen molar-refractivity contribution in [3.05, 3.63) is 17.7 Å². The summed E-state index contributed by atoms with van der Waals surface area (Å²) in [4.78, 5) is 19.3. The lowest BCUT2D eigenvalue weighted by atomic mass is 10.0. The Balaban J connectivity index is 1.80. The largest absolute Gasteiger partial charge is 0.384 e. The van der Waals surface area contributed by atoms with Gasteiger partial charge in [-0.3, -0.25) is 10.1 Å². The number of carbonyl (C=O) groups is 1. The highest BCUT2D eigenvalue weighted by Gasteiger charge is 2.25. The van der Waals surface area contributed by atoms with Crippen LogP contribution in [0.5, 0.6) is 0 Å². The topological polar surface area (TPSA) is 79.0 Å². The molecule has 2 heterocycles. The molecule has 0 bridgehead atoms. The van der Waals surface area contributed by atoms with Crippen LogP contribution in [0.25, 0.3) is 0 Å². The van der Waals surface area contributed by atoms with Crippen molar-refractivity contribution in [2.75, 3.05) is 20.3 Å². The van der Waals surface area contributed by atoms with E-state index in [1.807, 2.05) is 6.92 Å². The van der Waals surface area contributed by atoms with Gasteiger partial charge in [-0.15, -0.1) is 0 Å². The summed E-state index contributed by atoms with van der Waals surface area (Å²) in [5, 5.41) is 6.14. The molecule has 1 amide bonds. The van der Waals surface area contributed by atoms with Crippen molar-refractivity contribution in [1.82, 2.24) is 20.6 Å². The molecule has 0 saturated heterocycles. The van der Waals surface area contributed by atoms with Crippen LogP contribution >= 0.6 is 0 Å². The molecular formula is C12H20N4O2. The maximum atomic E-state index is 12.0. The van der Waals surface area contributed by atoms with E-state index in [0.717, 1.165) is 11.4 Å². The number of nitrogens with one attached hydrogen (secondary N) is 3. The molecule has 0 radical (unpaired) electrons. The summed E-state index contributed by atoms with van der Waals surface area (Å²) in [5.41, 5.74) is 2.06. The predicted octanol–water partition coefficient (Wildman–Crippen LogP) is -0.177. The van der Waals surface area contributed by atoms with E-state index in [9.17, 15) is 4.79 Å². The third-order valence-corrected chi connectivity index (χ3v) is 3.12. The Morgan fingerprint density at radius 1 is 1.72 bits per heavy atom. The number of ether oxygens (including phenoxy) is 1. The van der Waals surface area contributed by atoms with Crippen molar-refractivity contribution >= 4 is 5.91 Å². The van der Waals surface area contributed by atoms with Crippen LogP contribution in [0.4, 0.5) is 0 Å². The molecule has 6 nitrogen and oxygen atoms in total. The van der Waals surface area contributed by atoms with Gasteiger partial charge >= 0.3 is 0 Å². The van der Waals surface area contributed by atoms with Gasteiger partial charge in [0.15, 0.2) is 0 Å². The first-order chi connectivity index (χ1) is 8.70. The molecule has 6 heteroatoms. The average molecular weight is 252 g/mol. The Hall–Kier alpha value is -1.40. The number of imidazole rings is 1. The molecule has 3 N–H and O–H groups in total.